The maximum absolute atomic E-state index is 5.97. The molecule has 1 unspecified atom stereocenters. The quantitative estimate of drug-likeness (QED) is 0.816. The zero-order valence-corrected chi connectivity index (χ0v) is 13.3. The number of hydrogen-bond donors (Lipinski definition) is 0. The van der Waals surface area contributed by atoms with Gasteiger partial charge in [-0.15, -0.1) is 0 Å². The number of nitrogens with zero attached hydrogens (tertiary/aromatic N) is 5. The van der Waals surface area contributed by atoms with Crippen LogP contribution in [0.5, 0.6) is 0 Å². The Labute approximate surface area is 131 Å². The van der Waals surface area contributed by atoms with Crippen LogP contribution in [0.2, 0.25) is 0 Å². The zero-order valence-electron chi connectivity index (χ0n) is 13.3. The van der Waals surface area contributed by atoms with Gasteiger partial charge in [-0.3, -0.25) is 9.58 Å². The van der Waals surface area contributed by atoms with Crippen molar-refractivity contribution in [2.24, 2.45) is 0 Å². The lowest BCUT2D eigenvalue weighted by Gasteiger charge is -2.23. The molecule has 0 aromatic carbocycles. The molecule has 6 nitrogen and oxygen atoms in total. The molecule has 6 heteroatoms. The second-order valence-corrected chi connectivity index (χ2v) is 5.85. The minimum atomic E-state index is 0.192. The van der Waals surface area contributed by atoms with E-state index in [4.69, 9.17) is 4.74 Å². The number of ether oxygens (including phenoxy) is 1. The fourth-order valence-corrected chi connectivity index (χ4v) is 2.98. The SMILES string of the molecule is CCCn1ccnc1CN1CCCOC(Cn2cccn2)C1. The Morgan fingerprint density at radius 3 is 3.09 bits per heavy atom. The van der Waals surface area contributed by atoms with Gasteiger partial charge in [-0.05, 0) is 18.9 Å². The molecule has 1 atom stereocenters. The summed E-state index contributed by atoms with van der Waals surface area (Å²) >= 11 is 0. The summed E-state index contributed by atoms with van der Waals surface area (Å²) in [5.41, 5.74) is 0. The Bertz CT molecular complexity index is 551. The second kappa shape index (κ2) is 7.56. The molecule has 1 aliphatic heterocycles. The molecule has 22 heavy (non-hydrogen) atoms. The van der Waals surface area contributed by atoms with E-state index in [2.05, 4.69) is 32.7 Å². The predicted molar refractivity (Wildman–Crippen MR) is 84.4 cm³/mol. The molecule has 120 valence electrons. The first kappa shape index (κ1) is 15.2. The molecule has 1 fully saturated rings. The summed E-state index contributed by atoms with van der Waals surface area (Å²) in [5.74, 6) is 1.15. The normalized spacial score (nSPS) is 20.1. The van der Waals surface area contributed by atoms with E-state index in [9.17, 15) is 0 Å². The highest BCUT2D eigenvalue weighted by Gasteiger charge is 2.20. The molecule has 3 heterocycles. The number of aryl methyl sites for hydroxylation is 1. The summed E-state index contributed by atoms with van der Waals surface area (Å²) < 4.78 is 10.2. The summed E-state index contributed by atoms with van der Waals surface area (Å²) in [5, 5.41) is 4.28. The third-order valence-corrected chi connectivity index (χ3v) is 4.02. The van der Waals surface area contributed by atoms with E-state index < -0.39 is 0 Å². The third kappa shape index (κ3) is 3.96. The van der Waals surface area contributed by atoms with Crippen molar-refractivity contribution >= 4 is 0 Å². The molecule has 0 N–H and O–H groups in total. The fourth-order valence-electron chi connectivity index (χ4n) is 2.98. The van der Waals surface area contributed by atoms with Crippen LogP contribution in [0.3, 0.4) is 0 Å². The summed E-state index contributed by atoms with van der Waals surface area (Å²) in [4.78, 5) is 6.98. The van der Waals surface area contributed by atoms with Crippen molar-refractivity contribution in [2.45, 2.75) is 45.5 Å². The van der Waals surface area contributed by atoms with Crippen LogP contribution in [0.15, 0.2) is 30.9 Å². The van der Waals surface area contributed by atoms with Crippen molar-refractivity contribution in [1.82, 2.24) is 24.2 Å². The maximum Gasteiger partial charge on any atom is 0.122 e. The first-order valence-electron chi connectivity index (χ1n) is 8.16. The van der Waals surface area contributed by atoms with E-state index in [0.29, 0.717) is 0 Å². The van der Waals surface area contributed by atoms with Crippen molar-refractivity contribution in [3.05, 3.63) is 36.7 Å². The Kier molecular flexibility index (Phi) is 5.24. The summed E-state index contributed by atoms with van der Waals surface area (Å²) in [6.45, 7) is 7.76. The molecule has 1 aliphatic rings. The van der Waals surface area contributed by atoms with Gasteiger partial charge < -0.3 is 9.30 Å². The van der Waals surface area contributed by atoms with Crippen LogP contribution in [0.25, 0.3) is 0 Å². The van der Waals surface area contributed by atoms with E-state index in [0.717, 1.165) is 58.0 Å². The van der Waals surface area contributed by atoms with Gasteiger partial charge in [0.25, 0.3) is 0 Å². The van der Waals surface area contributed by atoms with Crippen molar-refractivity contribution in [2.75, 3.05) is 19.7 Å². The zero-order chi connectivity index (χ0) is 15.2. The first-order valence-corrected chi connectivity index (χ1v) is 8.16. The van der Waals surface area contributed by atoms with Gasteiger partial charge in [-0.25, -0.2) is 4.98 Å². The molecule has 2 aromatic rings. The molecule has 0 amide bonds. The molecule has 0 radical (unpaired) electrons. The Morgan fingerprint density at radius 2 is 2.27 bits per heavy atom. The molecular weight excluding hydrogens is 278 g/mol. The molecular formula is C16H25N5O. The summed E-state index contributed by atoms with van der Waals surface area (Å²) in [6.07, 6.45) is 10.2. The second-order valence-electron chi connectivity index (χ2n) is 5.85. The monoisotopic (exact) mass is 303 g/mol. The summed E-state index contributed by atoms with van der Waals surface area (Å²) in [6, 6.07) is 1.95. The van der Waals surface area contributed by atoms with Gasteiger partial charge in [0.1, 0.15) is 5.82 Å². The number of aromatic nitrogens is 4. The van der Waals surface area contributed by atoms with Crippen LogP contribution in [-0.4, -0.2) is 50.0 Å². The van der Waals surface area contributed by atoms with E-state index in [1.54, 1.807) is 0 Å². The lowest BCUT2D eigenvalue weighted by Crippen LogP contribution is -2.34. The Hall–Kier alpha value is -1.66. The van der Waals surface area contributed by atoms with Crippen LogP contribution in [-0.2, 0) is 24.4 Å². The molecule has 0 aliphatic carbocycles. The Morgan fingerprint density at radius 1 is 1.32 bits per heavy atom. The molecule has 3 rings (SSSR count). The first-order chi connectivity index (χ1) is 10.8. The van der Waals surface area contributed by atoms with E-state index in [1.807, 2.05) is 29.3 Å². The highest BCUT2D eigenvalue weighted by Crippen LogP contribution is 2.12. The van der Waals surface area contributed by atoms with Crippen molar-refractivity contribution in [3.63, 3.8) is 0 Å². The number of rotatable bonds is 6. The van der Waals surface area contributed by atoms with Gasteiger partial charge in [0.15, 0.2) is 0 Å². The molecule has 0 saturated carbocycles. The van der Waals surface area contributed by atoms with Crippen molar-refractivity contribution in [3.8, 4) is 0 Å². The molecule has 0 bridgehead atoms. The lowest BCUT2D eigenvalue weighted by molar-refractivity contribution is 0.0387. The van der Waals surface area contributed by atoms with Crippen LogP contribution >= 0.6 is 0 Å². The van der Waals surface area contributed by atoms with E-state index >= 15 is 0 Å². The van der Waals surface area contributed by atoms with Crippen molar-refractivity contribution < 1.29 is 4.74 Å². The highest BCUT2D eigenvalue weighted by atomic mass is 16.5. The van der Waals surface area contributed by atoms with Crippen LogP contribution in [0.1, 0.15) is 25.6 Å². The maximum atomic E-state index is 5.97. The predicted octanol–water partition coefficient (Wildman–Crippen LogP) is 1.78. The highest BCUT2D eigenvalue weighted by molar-refractivity contribution is 4.93. The van der Waals surface area contributed by atoms with Crippen LogP contribution < -0.4 is 0 Å². The molecule has 1 saturated heterocycles. The van der Waals surface area contributed by atoms with Gasteiger partial charge in [0.2, 0.25) is 0 Å². The largest absolute Gasteiger partial charge is 0.375 e. The van der Waals surface area contributed by atoms with Gasteiger partial charge >= 0.3 is 0 Å². The van der Waals surface area contributed by atoms with Crippen LogP contribution in [0, 0.1) is 0 Å². The van der Waals surface area contributed by atoms with Gasteiger partial charge in [0.05, 0.1) is 19.2 Å². The standard InChI is InChI=1S/C16H25N5O/c1-2-7-20-10-6-17-16(20)14-19-8-4-11-22-15(12-19)13-21-9-3-5-18-21/h3,5-6,9-10,15H,2,4,7-8,11-14H2,1H3. The topological polar surface area (TPSA) is 48.1 Å². The molecule has 2 aromatic heterocycles. The van der Waals surface area contributed by atoms with E-state index in [-0.39, 0.29) is 6.10 Å². The van der Waals surface area contributed by atoms with Crippen molar-refractivity contribution in [1.29, 1.82) is 0 Å². The average Bonchev–Trinajstić information content (AvgIpc) is 3.11. The third-order valence-electron chi connectivity index (χ3n) is 4.02. The van der Waals surface area contributed by atoms with Gasteiger partial charge in [-0.1, -0.05) is 6.92 Å². The minimum absolute atomic E-state index is 0.192. The fraction of sp³-hybridized carbons (Fsp3) is 0.625. The van der Waals surface area contributed by atoms with Gasteiger partial charge in [-0.2, -0.15) is 5.10 Å². The lowest BCUT2D eigenvalue weighted by atomic mass is 10.3. The minimum Gasteiger partial charge on any atom is -0.375 e. The number of hydrogen-bond acceptors (Lipinski definition) is 4. The number of imidazole rings is 1. The Balaban J connectivity index is 1.61. The molecule has 0 spiro atoms. The average molecular weight is 303 g/mol. The smallest absolute Gasteiger partial charge is 0.122 e. The van der Waals surface area contributed by atoms with Crippen LogP contribution in [0.4, 0.5) is 0 Å². The van der Waals surface area contributed by atoms with Gasteiger partial charge in [0, 0.05) is 51.0 Å². The van der Waals surface area contributed by atoms with E-state index in [1.165, 1.54) is 0 Å². The summed E-state index contributed by atoms with van der Waals surface area (Å²) in [7, 11) is 0.